The maximum atomic E-state index is 12.8. The van der Waals surface area contributed by atoms with E-state index in [2.05, 4.69) is 28.4 Å². The van der Waals surface area contributed by atoms with E-state index >= 15 is 0 Å². The lowest BCUT2D eigenvalue weighted by atomic mass is 10.1. The van der Waals surface area contributed by atoms with Gasteiger partial charge < -0.3 is 45.1 Å². The molecule has 8 atom stereocenters. The lowest BCUT2D eigenvalue weighted by Gasteiger charge is -2.21. The van der Waals surface area contributed by atoms with Crippen LogP contribution >= 0.6 is 15.6 Å². The molecule has 1 fully saturated rings. The monoisotopic (exact) mass is 989 g/mol. The molecule has 0 aliphatic carbocycles. The van der Waals surface area contributed by atoms with Crippen LogP contribution in [-0.2, 0) is 46.3 Å². The van der Waals surface area contributed by atoms with Gasteiger partial charge in [-0.2, -0.15) is 9.29 Å². The minimum Gasteiger partial charge on any atom is -0.462 e. The first-order valence-corrected chi connectivity index (χ1v) is 26.7. The lowest BCUT2D eigenvalue weighted by molar-refractivity contribution is -0.161. The molecule has 0 spiro atoms. The summed E-state index contributed by atoms with van der Waals surface area (Å²) in [6.45, 7) is 1.87. The summed E-state index contributed by atoms with van der Waals surface area (Å²) < 4.78 is 56.6. The van der Waals surface area contributed by atoms with Crippen LogP contribution in [0, 0.1) is 0 Å². The first kappa shape index (κ1) is 59.8. The Balaban J connectivity index is 1.84. The van der Waals surface area contributed by atoms with E-state index in [9.17, 15) is 48.6 Å². The summed E-state index contributed by atoms with van der Waals surface area (Å²) in [4.78, 5) is 61.7. The van der Waals surface area contributed by atoms with Crippen molar-refractivity contribution in [1.82, 2.24) is 9.55 Å². The molecule has 382 valence electrons. The number of carbonyl (C=O) groups excluding carboxylic acids is 2. The third-order valence-corrected chi connectivity index (χ3v) is 13.1. The maximum absolute atomic E-state index is 12.8. The lowest BCUT2D eigenvalue weighted by Crippen LogP contribution is -2.36. The number of phosphoric acid groups is 2. The number of aliphatic hydroxyl groups excluding tert-OH is 3. The summed E-state index contributed by atoms with van der Waals surface area (Å²) in [5.74, 6) is -1.37. The largest absolute Gasteiger partial charge is 0.481 e. The molecule has 0 bridgehead atoms. The molecule has 1 aromatic heterocycles. The summed E-state index contributed by atoms with van der Waals surface area (Å²) >= 11 is 0. The average Bonchev–Trinajstić information content (AvgIpc) is 3.55. The molecule has 3 unspecified atom stereocenters. The highest BCUT2D eigenvalue weighted by molar-refractivity contribution is 7.61. The number of hydrogen-bond acceptors (Lipinski definition) is 16. The molecule has 0 aromatic carbocycles. The number of esters is 2. The molecular weight excluding hydrogens is 912 g/mol. The molecule has 2 rings (SSSR count). The predicted molar refractivity (Wildman–Crippen MR) is 253 cm³/mol. The van der Waals surface area contributed by atoms with Crippen molar-refractivity contribution < 1.29 is 71.4 Å². The third kappa shape index (κ3) is 28.1. The number of unbranched alkanes of at least 4 members (excludes halogenated alkanes) is 14. The molecule has 67 heavy (non-hydrogen) atoms. The normalized spacial score (nSPS) is 20.5. The van der Waals surface area contributed by atoms with Crippen molar-refractivity contribution in [2.24, 2.45) is 0 Å². The zero-order chi connectivity index (χ0) is 49.3. The van der Waals surface area contributed by atoms with Crippen molar-refractivity contribution in [2.45, 2.75) is 185 Å². The van der Waals surface area contributed by atoms with E-state index in [0.717, 1.165) is 87.8 Å². The minimum atomic E-state index is -5.44. The van der Waals surface area contributed by atoms with Crippen molar-refractivity contribution in [3.63, 3.8) is 0 Å². The zero-order valence-corrected chi connectivity index (χ0v) is 41.1. The zero-order valence-electron chi connectivity index (χ0n) is 39.3. The second-order valence-electron chi connectivity index (χ2n) is 16.4. The maximum Gasteiger partial charge on any atom is 0.481 e. The van der Waals surface area contributed by atoms with Crippen LogP contribution in [0.1, 0.15) is 155 Å². The number of phosphoric ester groups is 2. The quantitative estimate of drug-likeness (QED) is 0.0120. The van der Waals surface area contributed by atoms with E-state index in [1.54, 1.807) is 6.08 Å². The molecule has 0 saturated carbocycles. The highest BCUT2D eigenvalue weighted by Gasteiger charge is 2.46. The number of anilines is 1. The Morgan fingerprint density at radius 2 is 1.39 bits per heavy atom. The number of carbonyl (C=O) groups is 2. The highest BCUT2D eigenvalue weighted by atomic mass is 31.3. The first-order valence-electron chi connectivity index (χ1n) is 23.8. The number of nitrogens with two attached hydrogens (primary N) is 1. The Bertz CT molecular complexity index is 1820. The van der Waals surface area contributed by atoms with Crippen molar-refractivity contribution >= 4 is 33.4 Å². The Hall–Kier alpha value is -3.32. The smallest absolute Gasteiger partial charge is 0.462 e. The predicted octanol–water partition coefficient (Wildman–Crippen LogP) is 7.97. The number of nitrogen functional groups attached to an aromatic ring is 1. The van der Waals surface area contributed by atoms with Crippen molar-refractivity contribution in [3.8, 4) is 0 Å². The fourth-order valence-corrected chi connectivity index (χ4v) is 8.86. The van der Waals surface area contributed by atoms with Gasteiger partial charge in [0.25, 0.3) is 0 Å². The number of aliphatic hydroxyl groups is 3. The van der Waals surface area contributed by atoms with Crippen molar-refractivity contribution in [3.05, 3.63) is 71.4 Å². The van der Waals surface area contributed by atoms with E-state index in [0.29, 0.717) is 19.3 Å². The molecular formula is C46H77N3O16P2. The molecule has 1 aliphatic heterocycles. The number of rotatable bonds is 38. The number of allylic oxidation sites excluding steroid dienone is 6. The van der Waals surface area contributed by atoms with E-state index in [1.807, 2.05) is 37.3 Å². The van der Waals surface area contributed by atoms with Crippen LogP contribution < -0.4 is 11.4 Å². The van der Waals surface area contributed by atoms with E-state index in [1.165, 1.54) is 31.7 Å². The van der Waals surface area contributed by atoms with Gasteiger partial charge in [-0.1, -0.05) is 120 Å². The van der Waals surface area contributed by atoms with Gasteiger partial charge in [-0.25, -0.2) is 13.9 Å². The molecule has 2 heterocycles. The molecule has 1 saturated heterocycles. The Kier molecular flexibility index (Phi) is 31.1. The average molecular weight is 990 g/mol. The minimum absolute atomic E-state index is 0.0236. The summed E-state index contributed by atoms with van der Waals surface area (Å²) in [7, 11) is -10.9. The number of nitrogens with zero attached hydrogens (tertiary/aromatic N) is 2. The molecule has 0 amide bonds. The fraction of sp³-hybridized carbons (Fsp3) is 0.696. The summed E-state index contributed by atoms with van der Waals surface area (Å²) in [5.41, 5.74) is 4.57. The molecule has 21 heteroatoms. The third-order valence-electron chi connectivity index (χ3n) is 10.5. The van der Waals surface area contributed by atoms with Crippen LogP contribution in [0.5, 0.6) is 0 Å². The van der Waals surface area contributed by atoms with Gasteiger partial charge in [0.1, 0.15) is 30.7 Å². The number of hydrogen-bond donors (Lipinski definition) is 6. The van der Waals surface area contributed by atoms with Crippen LogP contribution in [0.15, 0.2) is 65.7 Å². The second-order valence-corrected chi connectivity index (χ2v) is 19.5. The first-order chi connectivity index (χ1) is 32.1. The van der Waals surface area contributed by atoms with Crippen LogP contribution in [0.2, 0.25) is 0 Å². The van der Waals surface area contributed by atoms with Gasteiger partial charge in [-0.05, 0) is 70.3 Å². The van der Waals surface area contributed by atoms with Gasteiger partial charge in [0, 0.05) is 19.0 Å². The van der Waals surface area contributed by atoms with Crippen molar-refractivity contribution in [1.29, 1.82) is 0 Å². The summed E-state index contributed by atoms with van der Waals surface area (Å²) in [5, 5.41) is 30.8. The van der Waals surface area contributed by atoms with E-state index in [-0.39, 0.29) is 18.7 Å². The number of aromatic nitrogens is 2. The van der Waals surface area contributed by atoms with Crippen LogP contribution in [0.4, 0.5) is 5.82 Å². The summed E-state index contributed by atoms with van der Waals surface area (Å²) in [6, 6.07) is 1.24. The number of ether oxygens (including phenoxy) is 3. The van der Waals surface area contributed by atoms with E-state index in [4.69, 9.17) is 29.0 Å². The molecule has 1 aliphatic rings. The Morgan fingerprint density at radius 1 is 0.791 bits per heavy atom. The van der Waals surface area contributed by atoms with Gasteiger partial charge >= 0.3 is 33.3 Å². The van der Waals surface area contributed by atoms with Crippen LogP contribution in [0.25, 0.3) is 0 Å². The highest BCUT2D eigenvalue weighted by Crippen LogP contribution is 2.60. The van der Waals surface area contributed by atoms with Gasteiger partial charge in [0.2, 0.25) is 0 Å². The molecule has 7 N–H and O–H groups in total. The molecule has 19 nitrogen and oxygen atoms in total. The van der Waals surface area contributed by atoms with Crippen LogP contribution in [0.3, 0.4) is 0 Å². The van der Waals surface area contributed by atoms with Gasteiger partial charge in [0.05, 0.1) is 19.3 Å². The van der Waals surface area contributed by atoms with Crippen molar-refractivity contribution in [2.75, 3.05) is 25.6 Å². The fourth-order valence-electron chi connectivity index (χ4n) is 6.75. The SMILES string of the molecule is CC/C=C/CC(O)/C=C/C=C/CCCCCCCC(=O)OC[C@H](COP(=O)(O)OP(=O)(O)OC[C@H]1O[C@@H](n2ccc(N)nc2=O)[C@H](O)[C@@H]1O)OC(=O)CCCCCCC/C=C\CCCCCC. The molecule has 1 aromatic rings. The van der Waals surface area contributed by atoms with Gasteiger partial charge in [-0.3, -0.25) is 23.2 Å². The van der Waals surface area contributed by atoms with Gasteiger partial charge in [0.15, 0.2) is 12.3 Å². The standard InChI is InChI=1S/C46H77N3O16P2/c1-3-5-7-8-9-10-11-12-13-16-20-23-27-31-42(52)63-38(34-60-41(51)30-26-22-19-17-14-15-18-21-25-29-37(50)28-24-6-4-2)35-61-66(56,57)65-67(58,59)62-36-39-43(53)44(54)45(64-39)49-33-32-40(47)48-46(49)55/h6,10-11,18,21,24-25,29,32-33,37-39,43-45,50,53-54H,3-5,7-9,12-17,19-20,22-23,26-28,30-31,34-36H2,1-2H3,(H,56,57)(H,58,59)(H2,47,48,55)/b11-10-,21-18+,24-6+,29-25+/t37?,38-,39-,43-,44-,45-/m1/s1. The van der Waals surface area contributed by atoms with Crippen LogP contribution in [-0.4, -0.2) is 96.9 Å². The van der Waals surface area contributed by atoms with Gasteiger partial charge in [-0.15, -0.1) is 0 Å². The Morgan fingerprint density at radius 3 is 2.03 bits per heavy atom. The Labute approximate surface area is 395 Å². The second kappa shape index (κ2) is 34.9. The topological polar surface area (TPSA) is 286 Å². The van der Waals surface area contributed by atoms with E-state index < -0.39 is 89.8 Å². The summed E-state index contributed by atoms with van der Waals surface area (Å²) in [6.07, 6.45) is 26.7. The molecule has 0 radical (unpaired) electrons.